The first-order chi connectivity index (χ1) is 8.65. The average molecular weight is 252 g/mol. The van der Waals surface area contributed by atoms with Crippen molar-refractivity contribution in [3.05, 3.63) is 11.9 Å². The molecular weight excluding hydrogens is 236 g/mol. The fraction of sp³-hybridized carbons (Fsp3) is 0.636. The molecular formula is C11H16N4O3. The first-order valence-corrected chi connectivity index (χ1v) is 6.05. The first-order valence-electron chi connectivity index (χ1n) is 6.05. The van der Waals surface area contributed by atoms with Crippen molar-refractivity contribution in [2.24, 2.45) is 5.92 Å². The maximum absolute atomic E-state index is 11.5. The molecule has 1 aliphatic rings. The van der Waals surface area contributed by atoms with Gasteiger partial charge in [0.05, 0.1) is 6.20 Å². The van der Waals surface area contributed by atoms with Crippen molar-refractivity contribution in [3.8, 4) is 0 Å². The van der Waals surface area contributed by atoms with Crippen molar-refractivity contribution in [1.82, 2.24) is 20.3 Å². The van der Waals surface area contributed by atoms with Gasteiger partial charge in [0.2, 0.25) is 5.91 Å². The summed E-state index contributed by atoms with van der Waals surface area (Å²) in [5, 5.41) is 18.4. The van der Waals surface area contributed by atoms with Gasteiger partial charge in [0.15, 0.2) is 5.69 Å². The Labute approximate surface area is 104 Å². The highest BCUT2D eigenvalue weighted by Gasteiger charge is 2.20. The van der Waals surface area contributed by atoms with Crippen LogP contribution in [0.2, 0.25) is 0 Å². The zero-order chi connectivity index (χ0) is 13.0. The number of aromatic nitrogens is 3. The summed E-state index contributed by atoms with van der Waals surface area (Å²) < 4.78 is 1.22. The molecule has 1 amide bonds. The van der Waals surface area contributed by atoms with E-state index in [2.05, 4.69) is 15.6 Å². The smallest absolute Gasteiger partial charge is 0.358 e. The van der Waals surface area contributed by atoms with Crippen LogP contribution in [0.5, 0.6) is 0 Å². The van der Waals surface area contributed by atoms with E-state index in [0.717, 1.165) is 12.3 Å². The number of carboxylic acid groups (broad SMARTS) is 1. The molecule has 1 aromatic heterocycles. The van der Waals surface area contributed by atoms with E-state index in [0.29, 0.717) is 6.54 Å². The Hall–Kier alpha value is -1.92. The van der Waals surface area contributed by atoms with Crippen LogP contribution >= 0.6 is 0 Å². The molecule has 1 heterocycles. The topological polar surface area (TPSA) is 97.1 Å². The van der Waals surface area contributed by atoms with E-state index in [4.69, 9.17) is 5.11 Å². The highest BCUT2D eigenvalue weighted by Crippen LogP contribution is 2.33. The van der Waals surface area contributed by atoms with Gasteiger partial charge in [-0.05, 0) is 18.8 Å². The Kier molecular flexibility index (Phi) is 3.91. The molecule has 0 aromatic carbocycles. The third-order valence-electron chi connectivity index (χ3n) is 2.87. The van der Waals surface area contributed by atoms with Crippen LogP contribution in [0.1, 0.15) is 36.2 Å². The molecule has 0 atom stereocenters. The summed E-state index contributed by atoms with van der Waals surface area (Å²) in [5.41, 5.74) is -0.156. The fourth-order valence-corrected chi connectivity index (χ4v) is 1.70. The van der Waals surface area contributed by atoms with Gasteiger partial charge in [-0.3, -0.25) is 4.79 Å². The van der Waals surface area contributed by atoms with Gasteiger partial charge in [0.1, 0.15) is 6.54 Å². The quantitative estimate of drug-likeness (QED) is 0.679. The van der Waals surface area contributed by atoms with Crippen LogP contribution in [-0.2, 0) is 11.3 Å². The molecule has 0 spiro atoms. The SMILES string of the molecule is O=C(Cn1cc(C(=O)O)nn1)NCCCC1CC1. The van der Waals surface area contributed by atoms with E-state index in [-0.39, 0.29) is 18.1 Å². The largest absolute Gasteiger partial charge is 0.476 e. The first kappa shape index (κ1) is 12.5. The number of hydrogen-bond acceptors (Lipinski definition) is 4. The number of amides is 1. The number of aromatic carboxylic acids is 1. The third kappa shape index (κ3) is 3.83. The predicted molar refractivity (Wildman–Crippen MR) is 61.9 cm³/mol. The lowest BCUT2D eigenvalue weighted by Crippen LogP contribution is -2.28. The summed E-state index contributed by atoms with van der Waals surface area (Å²) >= 11 is 0. The maximum Gasteiger partial charge on any atom is 0.358 e. The van der Waals surface area contributed by atoms with Crippen molar-refractivity contribution >= 4 is 11.9 Å². The van der Waals surface area contributed by atoms with E-state index in [1.165, 1.54) is 30.1 Å². The lowest BCUT2D eigenvalue weighted by molar-refractivity contribution is -0.121. The number of carboxylic acids is 1. The minimum absolute atomic E-state index is 0.00368. The molecule has 2 N–H and O–H groups in total. The van der Waals surface area contributed by atoms with Crippen LogP contribution in [0, 0.1) is 5.92 Å². The summed E-state index contributed by atoms with van der Waals surface area (Å²) in [6, 6.07) is 0. The van der Waals surface area contributed by atoms with Gasteiger partial charge in [0, 0.05) is 6.54 Å². The maximum atomic E-state index is 11.5. The molecule has 1 fully saturated rings. The van der Waals surface area contributed by atoms with E-state index < -0.39 is 5.97 Å². The van der Waals surface area contributed by atoms with Crippen molar-refractivity contribution in [3.63, 3.8) is 0 Å². The molecule has 18 heavy (non-hydrogen) atoms. The van der Waals surface area contributed by atoms with Crippen LogP contribution in [0.4, 0.5) is 0 Å². The highest BCUT2D eigenvalue weighted by atomic mass is 16.4. The molecule has 1 aromatic rings. The second-order valence-corrected chi connectivity index (χ2v) is 4.54. The number of nitrogens with zero attached hydrogens (tertiary/aromatic N) is 3. The number of nitrogens with one attached hydrogen (secondary N) is 1. The summed E-state index contributed by atoms with van der Waals surface area (Å²) in [5.74, 6) is -0.450. The summed E-state index contributed by atoms with van der Waals surface area (Å²) in [4.78, 5) is 22.1. The van der Waals surface area contributed by atoms with E-state index in [1.54, 1.807) is 0 Å². The van der Waals surface area contributed by atoms with Gasteiger partial charge in [-0.15, -0.1) is 5.10 Å². The molecule has 0 saturated heterocycles. The molecule has 1 saturated carbocycles. The molecule has 7 heteroatoms. The second-order valence-electron chi connectivity index (χ2n) is 4.54. The Balaban J connectivity index is 1.67. The van der Waals surface area contributed by atoms with E-state index in [1.807, 2.05) is 0 Å². The Morgan fingerprint density at radius 2 is 2.28 bits per heavy atom. The van der Waals surface area contributed by atoms with Gasteiger partial charge in [0.25, 0.3) is 0 Å². The normalized spacial score (nSPS) is 14.4. The second kappa shape index (κ2) is 5.61. The van der Waals surface area contributed by atoms with Crippen LogP contribution in [0.3, 0.4) is 0 Å². The zero-order valence-electron chi connectivity index (χ0n) is 10.0. The molecule has 0 aliphatic heterocycles. The Morgan fingerprint density at radius 1 is 1.50 bits per heavy atom. The predicted octanol–water partition coefficient (Wildman–Crippen LogP) is 0.283. The number of hydrogen-bond donors (Lipinski definition) is 2. The molecule has 0 radical (unpaired) electrons. The van der Waals surface area contributed by atoms with Gasteiger partial charge in [-0.2, -0.15) is 0 Å². The lowest BCUT2D eigenvalue weighted by Gasteiger charge is -2.04. The van der Waals surface area contributed by atoms with Crippen molar-refractivity contribution in [1.29, 1.82) is 0 Å². The summed E-state index contributed by atoms with van der Waals surface area (Å²) in [7, 11) is 0. The number of carbonyl (C=O) groups excluding carboxylic acids is 1. The van der Waals surface area contributed by atoms with Gasteiger partial charge in [-0.1, -0.05) is 18.1 Å². The van der Waals surface area contributed by atoms with E-state index >= 15 is 0 Å². The minimum atomic E-state index is -1.15. The average Bonchev–Trinajstić information content (AvgIpc) is 3.03. The zero-order valence-corrected chi connectivity index (χ0v) is 10.0. The van der Waals surface area contributed by atoms with Gasteiger partial charge in [-0.25, -0.2) is 9.48 Å². The van der Waals surface area contributed by atoms with Crippen LogP contribution in [0.15, 0.2) is 6.20 Å². The summed E-state index contributed by atoms with van der Waals surface area (Å²) in [6.07, 6.45) is 6.06. The molecule has 2 rings (SSSR count). The van der Waals surface area contributed by atoms with Crippen molar-refractivity contribution < 1.29 is 14.7 Å². The molecule has 7 nitrogen and oxygen atoms in total. The molecule has 1 aliphatic carbocycles. The summed E-state index contributed by atoms with van der Waals surface area (Å²) in [6.45, 7) is 0.666. The van der Waals surface area contributed by atoms with Crippen LogP contribution in [-0.4, -0.2) is 38.5 Å². The van der Waals surface area contributed by atoms with Crippen LogP contribution in [0.25, 0.3) is 0 Å². The van der Waals surface area contributed by atoms with E-state index in [9.17, 15) is 9.59 Å². The molecule has 0 bridgehead atoms. The molecule has 0 unspecified atom stereocenters. The van der Waals surface area contributed by atoms with Crippen LogP contribution < -0.4 is 5.32 Å². The monoisotopic (exact) mass is 252 g/mol. The lowest BCUT2D eigenvalue weighted by atomic mass is 10.2. The Morgan fingerprint density at radius 3 is 2.89 bits per heavy atom. The van der Waals surface area contributed by atoms with Gasteiger partial charge < -0.3 is 10.4 Å². The highest BCUT2D eigenvalue weighted by molar-refractivity contribution is 5.84. The minimum Gasteiger partial charge on any atom is -0.476 e. The van der Waals surface area contributed by atoms with Crippen molar-refractivity contribution in [2.75, 3.05) is 6.54 Å². The number of carbonyl (C=O) groups is 2. The standard InChI is InChI=1S/C11H16N4O3/c16-10(12-5-1-2-8-3-4-8)7-15-6-9(11(17)18)13-14-15/h6,8H,1-5,7H2,(H,12,16)(H,17,18). The molecule has 98 valence electrons. The van der Waals surface area contributed by atoms with Crippen molar-refractivity contribution in [2.45, 2.75) is 32.2 Å². The third-order valence-corrected chi connectivity index (χ3v) is 2.87. The number of rotatable bonds is 7. The Bertz CT molecular complexity index is 439. The van der Waals surface area contributed by atoms with Gasteiger partial charge >= 0.3 is 5.97 Å². The fourth-order valence-electron chi connectivity index (χ4n) is 1.70.